The molecule has 0 aromatic carbocycles. The molecule has 0 spiro atoms. The summed E-state index contributed by atoms with van der Waals surface area (Å²) < 4.78 is 0. The average molecular weight is 213 g/mol. The van der Waals surface area contributed by atoms with Gasteiger partial charge in [-0.2, -0.15) is 0 Å². The van der Waals surface area contributed by atoms with E-state index in [1.54, 1.807) is 0 Å². The first-order chi connectivity index (χ1) is 7.02. The number of likely N-dealkylation sites (tertiary alicyclic amines) is 1. The Labute approximate surface area is 92.2 Å². The van der Waals surface area contributed by atoms with E-state index in [1.165, 1.54) is 0 Å². The van der Waals surface area contributed by atoms with Crippen molar-refractivity contribution in [1.29, 1.82) is 0 Å². The molecular weight excluding hydrogens is 190 g/mol. The van der Waals surface area contributed by atoms with Crippen LogP contribution in [-0.4, -0.2) is 42.0 Å². The maximum Gasteiger partial charge on any atom is 0.239 e. The maximum absolute atomic E-state index is 11.5. The lowest BCUT2D eigenvalue weighted by atomic mass is 9.97. The van der Waals surface area contributed by atoms with Gasteiger partial charge in [0, 0.05) is 19.1 Å². The highest BCUT2D eigenvalue weighted by atomic mass is 16.1. The lowest BCUT2D eigenvalue weighted by molar-refractivity contribution is -0.124. The highest BCUT2D eigenvalue weighted by Gasteiger charge is 2.43. The second kappa shape index (κ2) is 4.94. The van der Waals surface area contributed by atoms with Gasteiger partial charge in [0.2, 0.25) is 5.91 Å². The molecule has 0 aromatic heterocycles. The van der Waals surface area contributed by atoms with Crippen molar-refractivity contribution in [2.24, 2.45) is 5.73 Å². The standard InChI is InChI=1S/C11H23N3O/c1-4-6-13-11(10(12)15)5-7-14(8-11)9(2)3/h9,13H,4-8H2,1-3H3,(H2,12,15). The third-order valence-corrected chi connectivity index (χ3v) is 3.21. The zero-order valence-corrected chi connectivity index (χ0v) is 10.0. The molecule has 4 nitrogen and oxygen atoms in total. The van der Waals surface area contributed by atoms with Crippen LogP contribution in [0.25, 0.3) is 0 Å². The summed E-state index contributed by atoms with van der Waals surface area (Å²) in [5, 5.41) is 3.31. The van der Waals surface area contributed by atoms with Crippen LogP contribution in [0.5, 0.6) is 0 Å². The van der Waals surface area contributed by atoms with Crippen LogP contribution in [0.1, 0.15) is 33.6 Å². The third kappa shape index (κ3) is 2.69. The Morgan fingerprint density at radius 3 is 2.67 bits per heavy atom. The maximum atomic E-state index is 11.5. The first kappa shape index (κ1) is 12.5. The summed E-state index contributed by atoms with van der Waals surface area (Å²) in [4.78, 5) is 13.8. The minimum atomic E-state index is -0.486. The Morgan fingerprint density at radius 1 is 1.60 bits per heavy atom. The molecule has 0 aliphatic carbocycles. The molecule has 1 unspecified atom stereocenters. The Balaban J connectivity index is 2.65. The van der Waals surface area contributed by atoms with Crippen molar-refractivity contribution < 1.29 is 4.79 Å². The van der Waals surface area contributed by atoms with Crippen LogP contribution in [-0.2, 0) is 4.79 Å². The number of nitrogens with one attached hydrogen (secondary N) is 1. The van der Waals surface area contributed by atoms with E-state index in [0.29, 0.717) is 6.04 Å². The molecule has 1 aliphatic rings. The molecule has 1 amide bonds. The van der Waals surface area contributed by atoms with Crippen molar-refractivity contribution in [3.05, 3.63) is 0 Å². The van der Waals surface area contributed by atoms with Crippen LogP contribution < -0.4 is 11.1 Å². The number of primary amides is 1. The van der Waals surface area contributed by atoms with Gasteiger partial charge < -0.3 is 11.1 Å². The van der Waals surface area contributed by atoms with Gasteiger partial charge in [-0.1, -0.05) is 6.92 Å². The predicted octanol–water partition coefficient (Wildman–Crippen LogP) is 0.324. The topological polar surface area (TPSA) is 58.4 Å². The van der Waals surface area contributed by atoms with Gasteiger partial charge >= 0.3 is 0 Å². The quantitative estimate of drug-likeness (QED) is 0.691. The molecule has 88 valence electrons. The van der Waals surface area contributed by atoms with E-state index in [1.807, 2.05) is 0 Å². The number of nitrogens with zero attached hydrogens (tertiary/aromatic N) is 1. The summed E-state index contributed by atoms with van der Waals surface area (Å²) in [6.45, 7) is 8.96. The van der Waals surface area contributed by atoms with Gasteiger partial charge in [-0.25, -0.2) is 0 Å². The monoisotopic (exact) mass is 213 g/mol. The predicted molar refractivity (Wildman–Crippen MR) is 61.5 cm³/mol. The van der Waals surface area contributed by atoms with Gasteiger partial charge in [0.05, 0.1) is 0 Å². The molecule has 0 bridgehead atoms. The number of rotatable bonds is 5. The summed E-state index contributed by atoms with van der Waals surface area (Å²) >= 11 is 0. The number of hydrogen-bond donors (Lipinski definition) is 2. The van der Waals surface area contributed by atoms with E-state index >= 15 is 0 Å². The smallest absolute Gasteiger partial charge is 0.239 e. The molecule has 1 rings (SSSR count). The van der Waals surface area contributed by atoms with Crippen LogP contribution in [0.2, 0.25) is 0 Å². The first-order valence-electron chi connectivity index (χ1n) is 5.81. The fourth-order valence-corrected chi connectivity index (χ4v) is 2.08. The van der Waals surface area contributed by atoms with E-state index in [0.717, 1.165) is 32.5 Å². The fourth-order valence-electron chi connectivity index (χ4n) is 2.08. The average Bonchev–Trinajstić information content (AvgIpc) is 2.60. The minimum Gasteiger partial charge on any atom is -0.368 e. The summed E-state index contributed by atoms with van der Waals surface area (Å²) in [7, 11) is 0. The molecule has 3 N–H and O–H groups in total. The molecule has 0 saturated carbocycles. The second-order valence-corrected chi connectivity index (χ2v) is 4.69. The van der Waals surface area contributed by atoms with Crippen molar-refractivity contribution in [2.75, 3.05) is 19.6 Å². The van der Waals surface area contributed by atoms with Gasteiger partial charge in [0.25, 0.3) is 0 Å². The van der Waals surface area contributed by atoms with Crippen molar-refractivity contribution >= 4 is 5.91 Å². The van der Waals surface area contributed by atoms with Gasteiger partial charge in [-0.05, 0) is 33.2 Å². The van der Waals surface area contributed by atoms with E-state index in [9.17, 15) is 4.79 Å². The largest absolute Gasteiger partial charge is 0.368 e. The van der Waals surface area contributed by atoms with Crippen molar-refractivity contribution in [1.82, 2.24) is 10.2 Å². The molecule has 1 atom stereocenters. The first-order valence-corrected chi connectivity index (χ1v) is 5.81. The molecule has 1 heterocycles. The van der Waals surface area contributed by atoms with E-state index < -0.39 is 5.54 Å². The molecule has 1 fully saturated rings. The van der Waals surface area contributed by atoms with Gasteiger partial charge in [0.1, 0.15) is 5.54 Å². The summed E-state index contributed by atoms with van der Waals surface area (Å²) in [6.07, 6.45) is 1.86. The third-order valence-electron chi connectivity index (χ3n) is 3.21. The molecular formula is C11H23N3O. The van der Waals surface area contributed by atoms with Crippen LogP contribution in [0, 0.1) is 0 Å². The van der Waals surface area contributed by atoms with Crippen molar-refractivity contribution in [3.8, 4) is 0 Å². The second-order valence-electron chi connectivity index (χ2n) is 4.69. The number of hydrogen-bond acceptors (Lipinski definition) is 3. The normalized spacial score (nSPS) is 27.5. The lowest BCUT2D eigenvalue weighted by Gasteiger charge is -2.28. The Bertz CT molecular complexity index is 230. The van der Waals surface area contributed by atoms with E-state index in [-0.39, 0.29) is 5.91 Å². The highest BCUT2D eigenvalue weighted by Crippen LogP contribution is 2.22. The lowest BCUT2D eigenvalue weighted by Crippen LogP contribution is -2.57. The van der Waals surface area contributed by atoms with Crippen LogP contribution >= 0.6 is 0 Å². The van der Waals surface area contributed by atoms with Crippen LogP contribution in [0.15, 0.2) is 0 Å². The molecule has 1 aliphatic heterocycles. The van der Waals surface area contributed by atoms with Crippen LogP contribution in [0.4, 0.5) is 0 Å². The summed E-state index contributed by atoms with van der Waals surface area (Å²) in [5.41, 5.74) is 5.02. The Hall–Kier alpha value is -0.610. The van der Waals surface area contributed by atoms with Gasteiger partial charge in [-0.15, -0.1) is 0 Å². The minimum absolute atomic E-state index is 0.209. The number of carbonyl (C=O) groups excluding carboxylic acids is 1. The van der Waals surface area contributed by atoms with Gasteiger partial charge in [0.15, 0.2) is 0 Å². The number of nitrogens with two attached hydrogens (primary N) is 1. The van der Waals surface area contributed by atoms with E-state index in [4.69, 9.17) is 5.73 Å². The van der Waals surface area contributed by atoms with Crippen LogP contribution in [0.3, 0.4) is 0 Å². The molecule has 4 heteroatoms. The van der Waals surface area contributed by atoms with Crippen molar-refractivity contribution in [3.63, 3.8) is 0 Å². The molecule has 15 heavy (non-hydrogen) atoms. The number of amides is 1. The van der Waals surface area contributed by atoms with E-state index in [2.05, 4.69) is 31.0 Å². The molecule has 1 saturated heterocycles. The fraction of sp³-hybridized carbons (Fsp3) is 0.909. The number of carbonyl (C=O) groups is 1. The summed E-state index contributed by atoms with van der Waals surface area (Å²) in [6, 6.07) is 0.481. The Morgan fingerprint density at radius 2 is 2.27 bits per heavy atom. The highest BCUT2D eigenvalue weighted by molar-refractivity contribution is 5.85. The summed E-state index contributed by atoms with van der Waals surface area (Å²) in [5.74, 6) is -0.209. The van der Waals surface area contributed by atoms with Crippen molar-refractivity contribution in [2.45, 2.75) is 45.2 Å². The molecule has 0 radical (unpaired) electrons. The molecule has 0 aromatic rings. The zero-order valence-electron chi connectivity index (χ0n) is 10.0. The zero-order chi connectivity index (χ0) is 11.5. The Kier molecular flexibility index (Phi) is 4.11. The van der Waals surface area contributed by atoms with Gasteiger partial charge in [-0.3, -0.25) is 9.69 Å². The SMILES string of the molecule is CCCNC1(C(N)=O)CCN(C(C)C)C1.